The number of hydrogen-bond donors (Lipinski definition) is 2. The lowest BCUT2D eigenvalue weighted by atomic mass is 9.68. The molecule has 3 heterocycles. The zero-order valence-corrected chi connectivity index (χ0v) is 17.9. The van der Waals surface area contributed by atoms with Crippen LogP contribution in [-0.2, 0) is 9.59 Å². The number of aromatic nitrogens is 1. The van der Waals surface area contributed by atoms with Gasteiger partial charge in [-0.1, -0.05) is 30.3 Å². The van der Waals surface area contributed by atoms with Gasteiger partial charge >= 0.3 is 12.1 Å². The largest absolute Gasteiger partial charge is 0.490 e. The summed E-state index contributed by atoms with van der Waals surface area (Å²) in [7, 11) is 0. The average molecular weight is 463 g/mol. The number of carbonyl (C=O) groups is 3. The van der Waals surface area contributed by atoms with E-state index >= 15 is 0 Å². The van der Waals surface area contributed by atoms with E-state index in [-0.39, 0.29) is 17.7 Å². The number of nitrogens with zero attached hydrogens (tertiary/aromatic N) is 2. The first-order valence-corrected chi connectivity index (χ1v) is 10.4. The summed E-state index contributed by atoms with van der Waals surface area (Å²) in [6.07, 6.45) is -2.05. The molecule has 2 N–H and O–H groups in total. The molecule has 0 radical (unpaired) electrons. The van der Waals surface area contributed by atoms with Crippen molar-refractivity contribution in [2.45, 2.75) is 31.9 Å². The molecule has 2 amide bonds. The van der Waals surface area contributed by atoms with E-state index in [1.807, 2.05) is 42.2 Å². The van der Waals surface area contributed by atoms with Crippen molar-refractivity contribution in [2.24, 2.45) is 5.41 Å². The number of carboxylic acids is 1. The first kappa shape index (κ1) is 24.2. The van der Waals surface area contributed by atoms with E-state index in [0.717, 1.165) is 5.69 Å². The number of halogens is 3. The van der Waals surface area contributed by atoms with Gasteiger partial charge in [0.15, 0.2) is 0 Å². The number of piperidine rings is 1. The Morgan fingerprint density at radius 3 is 2.24 bits per heavy atom. The molecule has 2 aliphatic rings. The number of aryl methyl sites for hydroxylation is 1. The van der Waals surface area contributed by atoms with Crippen LogP contribution in [0.5, 0.6) is 0 Å². The number of likely N-dealkylation sites (tertiary alicyclic amines) is 1. The van der Waals surface area contributed by atoms with Crippen LogP contribution >= 0.6 is 0 Å². The van der Waals surface area contributed by atoms with Gasteiger partial charge < -0.3 is 15.3 Å². The molecule has 1 spiro atoms. The van der Waals surface area contributed by atoms with E-state index in [0.29, 0.717) is 38.0 Å². The summed E-state index contributed by atoms with van der Waals surface area (Å²) in [5.41, 5.74) is 2.31. The molecule has 0 aliphatic carbocycles. The number of benzene rings is 1. The maximum absolute atomic E-state index is 12.7. The van der Waals surface area contributed by atoms with Crippen LogP contribution in [0.4, 0.5) is 13.2 Å². The summed E-state index contributed by atoms with van der Waals surface area (Å²) in [6, 6.07) is 13.9. The Bertz CT molecular complexity index is 1000. The van der Waals surface area contributed by atoms with Crippen molar-refractivity contribution < 1.29 is 32.7 Å². The standard InChI is InChI=1S/C21H23N3O2.C2HF3O2/c1-15-7-8-17(13-22-15)19(25)24-11-9-21(10-12-24)18(14-23-20(21)26)16-5-3-2-4-6-16;3-2(4,5)1(6)7/h2-8,13,18H,9-12,14H2,1H3,(H,23,26);(H,6,7). The SMILES string of the molecule is Cc1ccc(C(=O)N2CCC3(CC2)C(=O)NCC3c2ccccc2)cn1.O=C(O)C(F)(F)F. The van der Waals surface area contributed by atoms with Gasteiger partial charge in [0.1, 0.15) is 0 Å². The molecule has 176 valence electrons. The molecular weight excluding hydrogens is 439 g/mol. The molecule has 7 nitrogen and oxygen atoms in total. The van der Waals surface area contributed by atoms with E-state index < -0.39 is 17.6 Å². The Labute approximate surface area is 188 Å². The third-order valence-corrected chi connectivity index (χ3v) is 6.13. The zero-order chi connectivity index (χ0) is 24.2. The molecule has 1 atom stereocenters. The Hall–Kier alpha value is -3.43. The molecule has 2 fully saturated rings. The van der Waals surface area contributed by atoms with E-state index in [1.165, 1.54) is 5.56 Å². The highest BCUT2D eigenvalue weighted by Crippen LogP contribution is 2.47. The van der Waals surface area contributed by atoms with Gasteiger partial charge in [0, 0.05) is 37.4 Å². The molecule has 2 saturated heterocycles. The second-order valence-electron chi connectivity index (χ2n) is 8.11. The lowest BCUT2D eigenvalue weighted by Crippen LogP contribution is -2.47. The van der Waals surface area contributed by atoms with Crippen LogP contribution < -0.4 is 5.32 Å². The third-order valence-electron chi connectivity index (χ3n) is 6.13. The number of carboxylic acid groups (broad SMARTS) is 1. The quantitative estimate of drug-likeness (QED) is 0.713. The number of aliphatic carboxylic acids is 1. The third kappa shape index (κ3) is 5.32. The minimum atomic E-state index is -5.08. The van der Waals surface area contributed by atoms with E-state index in [1.54, 1.807) is 6.20 Å². The van der Waals surface area contributed by atoms with Gasteiger partial charge in [-0.05, 0) is 37.5 Å². The first-order chi connectivity index (χ1) is 15.5. The highest BCUT2D eigenvalue weighted by molar-refractivity contribution is 5.94. The Kier molecular flexibility index (Phi) is 7.04. The van der Waals surface area contributed by atoms with Gasteiger partial charge in [0.05, 0.1) is 11.0 Å². The van der Waals surface area contributed by atoms with Crippen LogP contribution in [0.1, 0.15) is 40.4 Å². The Morgan fingerprint density at radius 1 is 1.12 bits per heavy atom. The average Bonchev–Trinajstić information content (AvgIpc) is 3.10. The second-order valence-corrected chi connectivity index (χ2v) is 8.11. The van der Waals surface area contributed by atoms with E-state index in [9.17, 15) is 22.8 Å². The Morgan fingerprint density at radius 2 is 1.73 bits per heavy atom. The number of carbonyl (C=O) groups excluding carboxylic acids is 2. The number of rotatable bonds is 2. The van der Waals surface area contributed by atoms with Gasteiger partial charge in [-0.15, -0.1) is 0 Å². The summed E-state index contributed by atoms with van der Waals surface area (Å²) in [4.78, 5) is 40.4. The number of nitrogens with one attached hydrogen (secondary N) is 1. The summed E-state index contributed by atoms with van der Waals surface area (Å²) >= 11 is 0. The number of amides is 2. The van der Waals surface area contributed by atoms with Crippen LogP contribution in [0.2, 0.25) is 0 Å². The van der Waals surface area contributed by atoms with Gasteiger partial charge in [-0.3, -0.25) is 14.6 Å². The molecule has 1 unspecified atom stereocenters. The molecule has 1 aromatic heterocycles. The lowest BCUT2D eigenvalue weighted by molar-refractivity contribution is -0.192. The molecule has 0 saturated carbocycles. The smallest absolute Gasteiger partial charge is 0.475 e. The zero-order valence-electron chi connectivity index (χ0n) is 17.9. The summed E-state index contributed by atoms with van der Waals surface area (Å²) in [5, 5.41) is 10.2. The van der Waals surface area contributed by atoms with Crippen molar-refractivity contribution >= 4 is 17.8 Å². The molecule has 0 bridgehead atoms. The van der Waals surface area contributed by atoms with E-state index in [2.05, 4.69) is 22.4 Å². The van der Waals surface area contributed by atoms with Crippen LogP contribution in [0.25, 0.3) is 0 Å². The van der Waals surface area contributed by atoms with Crippen LogP contribution in [0, 0.1) is 12.3 Å². The highest BCUT2D eigenvalue weighted by atomic mass is 19.4. The van der Waals surface area contributed by atoms with Crippen molar-refractivity contribution in [3.05, 3.63) is 65.5 Å². The van der Waals surface area contributed by atoms with Gasteiger partial charge in [0.25, 0.3) is 5.91 Å². The van der Waals surface area contributed by atoms with Crippen molar-refractivity contribution in [1.82, 2.24) is 15.2 Å². The molecule has 10 heteroatoms. The van der Waals surface area contributed by atoms with Gasteiger partial charge in [-0.2, -0.15) is 13.2 Å². The molecule has 2 aliphatic heterocycles. The molecule has 2 aromatic rings. The second kappa shape index (κ2) is 9.60. The number of alkyl halides is 3. The summed E-state index contributed by atoms with van der Waals surface area (Å²) < 4.78 is 31.7. The van der Waals surface area contributed by atoms with Crippen LogP contribution in [0.15, 0.2) is 48.7 Å². The normalized spacial score (nSPS) is 19.5. The lowest BCUT2D eigenvalue weighted by Gasteiger charge is -2.41. The fourth-order valence-electron chi connectivity index (χ4n) is 4.31. The monoisotopic (exact) mass is 463 g/mol. The van der Waals surface area contributed by atoms with Crippen molar-refractivity contribution in [1.29, 1.82) is 0 Å². The Balaban J connectivity index is 0.000000383. The van der Waals surface area contributed by atoms with Crippen molar-refractivity contribution in [3.63, 3.8) is 0 Å². The van der Waals surface area contributed by atoms with Gasteiger partial charge in [0.2, 0.25) is 5.91 Å². The molecular formula is C23H24F3N3O4. The van der Waals surface area contributed by atoms with Gasteiger partial charge in [-0.25, -0.2) is 4.79 Å². The van der Waals surface area contributed by atoms with Crippen molar-refractivity contribution in [3.8, 4) is 0 Å². The summed E-state index contributed by atoms with van der Waals surface area (Å²) in [6.45, 7) is 3.78. The maximum atomic E-state index is 12.7. The summed E-state index contributed by atoms with van der Waals surface area (Å²) in [5.74, 6) is -2.44. The van der Waals surface area contributed by atoms with E-state index in [4.69, 9.17) is 9.90 Å². The topological polar surface area (TPSA) is 99.6 Å². The van der Waals surface area contributed by atoms with Crippen LogP contribution in [-0.4, -0.2) is 58.6 Å². The number of hydrogen-bond acceptors (Lipinski definition) is 4. The molecule has 1 aromatic carbocycles. The van der Waals surface area contributed by atoms with Crippen molar-refractivity contribution in [2.75, 3.05) is 19.6 Å². The first-order valence-electron chi connectivity index (χ1n) is 10.4. The molecule has 33 heavy (non-hydrogen) atoms. The minimum Gasteiger partial charge on any atom is -0.475 e. The predicted molar refractivity (Wildman–Crippen MR) is 112 cm³/mol. The highest BCUT2D eigenvalue weighted by Gasteiger charge is 2.52. The molecule has 4 rings (SSSR count). The van der Waals surface area contributed by atoms with Crippen LogP contribution in [0.3, 0.4) is 0 Å². The predicted octanol–water partition coefficient (Wildman–Crippen LogP) is 3.16. The minimum absolute atomic E-state index is 0.00187. The fourth-order valence-corrected chi connectivity index (χ4v) is 4.31. The number of pyridine rings is 1. The fraction of sp³-hybridized carbons (Fsp3) is 0.391. The maximum Gasteiger partial charge on any atom is 0.490 e.